The van der Waals surface area contributed by atoms with Crippen LogP contribution in [0, 0.1) is 11.7 Å². The van der Waals surface area contributed by atoms with Crippen LogP contribution in [0.1, 0.15) is 61.3 Å². The molecule has 4 N–H and O–H groups in total. The maximum atomic E-state index is 14.7. The molecule has 3 saturated heterocycles. The van der Waals surface area contributed by atoms with E-state index >= 15 is 0 Å². The first-order valence-electron chi connectivity index (χ1n) is 20.5. The lowest BCUT2D eigenvalue weighted by Crippen LogP contribution is -2.51. The van der Waals surface area contributed by atoms with E-state index < -0.39 is 5.82 Å². The van der Waals surface area contributed by atoms with E-state index in [1.54, 1.807) is 35.2 Å². The summed E-state index contributed by atoms with van der Waals surface area (Å²) in [4.78, 5) is 68.5. The van der Waals surface area contributed by atoms with Crippen molar-refractivity contribution in [1.82, 2.24) is 30.7 Å². The van der Waals surface area contributed by atoms with Crippen LogP contribution in [0.3, 0.4) is 0 Å². The Morgan fingerprint density at radius 1 is 0.864 bits per heavy atom. The van der Waals surface area contributed by atoms with Crippen molar-refractivity contribution in [3.05, 3.63) is 107 Å². The van der Waals surface area contributed by atoms with Gasteiger partial charge in [-0.2, -0.15) is 0 Å². The molecule has 4 aromatic carbocycles. The monoisotopic (exact) mass is 805 g/mol. The molecule has 1 unspecified atom stereocenters. The van der Waals surface area contributed by atoms with Gasteiger partial charge in [0.2, 0.25) is 17.7 Å². The van der Waals surface area contributed by atoms with Gasteiger partial charge in [-0.3, -0.25) is 34.3 Å². The number of likely N-dealkylation sites (tertiary alicyclic amines) is 1. The van der Waals surface area contributed by atoms with Crippen LogP contribution in [0.15, 0.2) is 84.9 Å². The van der Waals surface area contributed by atoms with Gasteiger partial charge in [-0.1, -0.05) is 54.6 Å². The summed E-state index contributed by atoms with van der Waals surface area (Å²) in [6.07, 6.45) is 2.26. The van der Waals surface area contributed by atoms with Gasteiger partial charge in [-0.15, -0.1) is 0 Å². The quantitative estimate of drug-likeness (QED) is 0.139. The number of carbonyl (C=O) groups is 5. The zero-order chi connectivity index (χ0) is 41.3. The molecule has 4 aromatic rings. The molecule has 6 amide bonds. The van der Waals surface area contributed by atoms with Crippen LogP contribution < -0.4 is 26.0 Å². The molecule has 3 heterocycles. The molecule has 0 saturated carbocycles. The topological polar surface area (TPSA) is 152 Å². The molecular weight excluding hydrogens is 754 g/mol. The minimum Gasteiger partial charge on any atom is -0.484 e. The number of nitrogens with one attached hydrogen (secondary N) is 4. The van der Waals surface area contributed by atoms with Gasteiger partial charge in [0.25, 0.3) is 5.91 Å². The number of anilines is 1. The molecule has 13 nitrogen and oxygen atoms in total. The number of fused-ring (bicyclic) bond motifs is 1. The lowest BCUT2D eigenvalue weighted by Gasteiger charge is -2.36. The molecule has 0 spiro atoms. The molecule has 59 heavy (non-hydrogen) atoms. The number of rotatable bonds is 13. The Hall–Kier alpha value is -5.86. The van der Waals surface area contributed by atoms with E-state index in [0.29, 0.717) is 69.1 Å². The standard InChI is InChI=1S/C45H52FN7O6/c1-30(38-8-4-6-32-5-2-3-7-39(32)38)52-18-15-34(16-19-52)43(56)48-28-31-25-35(46)27-36(26-31)49-45(58)53-23-21-51(22-24-53)20-17-47-42(55)29-59-37-11-9-33(10-12-37)40-13-14-41(54)50-44(40)57/h2-12,25-27,30,34,40H,13-24,28-29H2,1H3,(H,47,55)(H,48,56)(H,49,58)(H,50,54,57)/t30-,40?/m1/s1. The minimum absolute atomic E-state index is 0.0428. The maximum Gasteiger partial charge on any atom is 0.321 e. The van der Waals surface area contributed by atoms with Gasteiger partial charge in [-0.05, 0) is 97.1 Å². The first kappa shape index (κ1) is 41.3. The number of imide groups is 1. The SMILES string of the molecule is C[C@H](c1cccc2ccccc12)N1CCC(C(=O)NCc2cc(F)cc(NC(=O)N3CCN(CCNC(=O)COc4ccc(C5CCC(=O)NC5=O)cc4)CC3)c2)CC1. The van der Waals surface area contributed by atoms with E-state index in [9.17, 15) is 28.4 Å². The summed E-state index contributed by atoms with van der Waals surface area (Å²) in [5, 5.41) is 13.5. The van der Waals surface area contributed by atoms with Crippen molar-refractivity contribution in [2.75, 3.05) is 64.3 Å². The number of hydrogen-bond donors (Lipinski definition) is 4. The Labute approximate surface area is 343 Å². The van der Waals surface area contributed by atoms with Crippen molar-refractivity contribution in [3.63, 3.8) is 0 Å². The zero-order valence-corrected chi connectivity index (χ0v) is 33.4. The number of carbonyl (C=O) groups excluding carboxylic acids is 5. The fourth-order valence-electron chi connectivity index (χ4n) is 8.26. The Morgan fingerprint density at radius 2 is 1.61 bits per heavy atom. The third-order valence-corrected chi connectivity index (χ3v) is 11.7. The smallest absolute Gasteiger partial charge is 0.321 e. The normalized spacial score (nSPS) is 18.5. The molecule has 0 radical (unpaired) electrons. The van der Waals surface area contributed by atoms with Gasteiger partial charge < -0.3 is 25.6 Å². The second-order valence-corrected chi connectivity index (χ2v) is 15.6. The molecular formula is C45H52FN7O6. The third kappa shape index (κ3) is 10.8. The lowest BCUT2D eigenvalue weighted by atomic mass is 9.90. The van der Waals surface area contributed by atoms with E-state index in [1.807, 2.05) is 0 Å². The molecule has 3 fully saturated rings. The summed E-state index contributed by atoms with van der Waals surface area (Å²) in [5.41, 5.74) is 2.97. The van der Waals surface area contributed by atoms with E-state index in [4.69, 9.17) is 4.74 Å². The van der Waals surface area contributed by atoms with Crippen LogP contribution in [0.5, 0.6) is 5.75 Å². The van der Waals surface area contributed by atoms with Crippen molar-refractivity contribution in [3.8, 4) is 5.75 Å². The second-order valence-electron chi connectivity index (χ2n) is 15.6. The third-order valence-electron chi connectivity index (χ3n) is 11.7. The summed E-state index contributed by atoms with van der Waals surface area (Å²) < 4.78 is 20.3. The first-order chi connectivity index (χ1) is 28.6. The molecule has 7 rings (SSSR count). The Bertz CT molecular complexity index is 2150. The van der Waals surface area contributed by atoms with Crippen LogP contribution in [0.2, 0.25) is 0 Å². The van der Waals surface area contributed by atoms with Crippen molar-refractivity contribution in [1.29, 1.82) is 0 Å². The average Bonchev–Trinajstić information content (AvgIpc) is 3.24. The van der Waals surface area contributed by atoms with Crippen molar-refractivity contribution < 1.29 is 33.1 Å². The highest BCUT2D eigenvalue weighted by atomic mass is 19.1. The van der Waals surface area contributed by atoms with Gasteiger partial charge >= 0.3 is 6.03 Å². The number of nitrogens with zero attached hydrogens (tertiary/aromatic N) is 3. The second kappa shape index (κ2) is 19.3. The molecule has 14 heteroatoms. The van der Waals surface area contributed by atoms with Gasteiger partial charge in [-0.25, -0.2) is 9.18 Å². The molecule has 3 aliphatic heterocycles. The summed E-state index contributed by atoms with van der Waals surface area (Å²) in [7, 11) is 0. The zero-order valence-electron chi connectivity index (χ0n) is 33.4. The number of halogens is 1. The van der Waals surface area contributed by atoms with E-state index in [-0.39, 0.29) is 60.7 Å². The summed E-state index contributed by atoms with van der Waals surface area (Å²) in [5.74, 6) is -1.37. The van der Waals surface area contributed by atoms with Crippen molar-refractivity contribution >= 4 is 46.1 Å². The average molecular weight is 806 g/mol. The highest BCUT2D eigenvalue weighted by molar-refractivity contribution is 6.01. The number of hydrogen-bond acceptors (Lipinski definition) is 8. The Morgan fingerprint density at radius 3 is 2.37 bits per heavy atom. The molecule has 3 aliphatic rings. The highest BCUT2D eigenvalue weighted by Crippen LogP contribution is 2.31. The maximum absolute atomic E-state index is 14.7. The lowest BCUT2D eigenvalue weighted by molar-refractivity contribution is -0.134. The summed E-state index contributed by atoms with van der Waals surface area (Å²) in [6, 6.07) is 26.0. The van der Waals surface area contributed by atoms with Crippen LogP contribution >= 0.6 is 0 Å². The predicted molar refractivity (Wildman–Crippen MR) is 222 cm³/mol. The fraction of sp³-hybridized carbons (Fsp3) is 0.400. The van der Waals surface area contributed by atoms with E-state index in [0.717, 1.165) is 31.5 Å². The van der Waals surface area contributed by atoms with Crippen LogP contribution in [0.25, 0.3) is 10.8 Å². The predicted octanol–water partition coefficient (Wildman–Crippen LogP) is 4.93. The largest absolute Gasteiger partial charge is 0.484 e. The first-order valence-corrected chi connectivity index (χ1v) is 20.5. The fourth-order valence-corrected chi connectivity index (χ4v) is 8.26. The molecule has 0 aromatic heterocycles. The molecule has 0 bridgehead atoms. The van der Waals surface area contributed by atoms with Gasteiger partial charge in [0, 0.05) is 69.9 Å². The van der Waals surface area contributed by atoms with Gasteiger partial charge in [0.1, 0.15) is 11.6 Å². The molecule has 2 atom stereocenters. The number of piperidine rings is 2. The van der Waals surface area contributed by atoms with Crippen LogP contribution in [0.4, 0.5) is 14.9 Å². The summed E-state index contributed by atoms with van der Waals surface area (Å²) >= 11 is 0. The van der Waals surface area contributed by atoms with Crippen molar-refractivity contribution in [2.45, 2.75) is 51.1 Å². The van der Waals surface area contributed by atoms with Gasteiger partial charge in [0.05, 0.1) is 5.92 Å². The van der Waals surface area contributed by atoms with Crippen LogP contribution in [-0.4, -0.2) is 103 Å². The number of piperazine rings is 1. The Balaban J connectivity index is 0.782. The van der Waals surface area contributed by atoms with E-state index in [2.05, 4.69) is 80.5 Å². The number of benzene rings is 4. The molecule has 0 aliphatic carbocycles. The van der Waals surface area contributed by atoms with Gasteiger partial charge in [0.15, 0.2) is 6.61 Å². The van der Waals surface area contributed by atoms with E-state index in [1.165, 1.54) is 28.5 Å². The van der Waals surface area contributed by atoms with Crippen molar-refractivity contribution in [2.24, 2.45) is 5.92 Å². The number of ether oxygens (including phenoxy) is 1. The number of amides is 6. The highest BCUT2D eigenvalue weighted by Gasteiger charge is 2.29. The Kier molecular flexibility index (Phi) is 13.5. The van der Waals surface area contributed by atoms with Crippen LogP contribution in [-0.2, 0) is 25.7 Å². The number of urea groups is 1. The molecule has 310 valence electrons. The minimum atomic E-state index is -0.497. The summed E-state index contributed by atoms with van der Waals surface area (Å²) in [6.45, 7) is 7.03.